The fraction of sp³-hybridized carbons (Fsp3) is 0. The maximum atomic E-state index is 5.48. The molecule has 0 saturated carbocycles. The first-order valence-corrected chi connectivity index (χ1v) is 18.8. The van der Waals surface area contributed by atoms with Gasteiger partial charge in [0.1, 0.15) is 0 Å². The summed E-state index contributed by atoms with van der Waals surface area (Å²) >= 11 is 0. The predicted molar refractivity (Wildman–Crippen MR) is 228 cm³/mol. The van der Waals surface area contributed by atoms with Crippen LogP contribution in [0.15, 0.2) is 176 Å². The van der Waals surface area contributed by atoms with Crippen LogP contribution in [0.25, 0.3) is 116 Å². The van der Waals surface area contributed by atoms with Gasteiger partial charge in [0, 0.05) is 59.7 Å². The van der Waals surface area contributed by atoms with Gasteiger partial charge in [0.2, 0.25) is 5.95 Å². The van der Waals surface area contributed by atoms with Crippen LogP contribution in [0.5, 0.6) is 0 Å². The van der Waals surface area contributed by atoms with Crippen LogP contribution in [0.4, 0.5) is 0 Å². The van der Waals surface area contributed by atoms with E-state index in [0.29, 0.717) is 5.95 Å². The Morgan fingerprint density at radius 1 is 0.345 bits per heavy atom. The van der Waals surface area contributed by atoms with Crippen molar-refractivity contribution in [3.63, 3.8) is 0 Å². The average Bonchev–Trinajstić information content (AvgIpc) is 3.85. The molecule has 5 aromatic heterocycles. The molecule has 0 amide bonds. The van der Waals surface area contributed by atoms with Crippen molar-refractivity contribution < 1.29 is 0 Å². The van der Waals surface area contributed by atoms with Crippen molar-refractivity contribution >= 4 is 92.6 Å². The number of rotatable bonds is 3. The highest BCUT2D eigenvalue weighted by Gasteiger charge is 2.27. The maximum Gasteiger partial charge on any atom is 0.235 e. The Morgan fingerprint density at radius 3 is 1.82 bits per heavy atom. The van der Waals surface area contributed by atoms with E-state index in [-0.39, 0.29) is 0 Å². The van der Waals surface area contributed by atoms with E-state index < -0.39 is 0 Å². The third-order valence-electron chi connectivity index (χ3n) is 11.8. The van der Waals surface area contributed by atoms with Crippen molar-refractivity contribution in [3.8, 4) is 22.9 Å². The minimum Gasteiger partial charge on any atom is -0.309 e. The maximum absolute atomic E-state index is 5.48. The highest BCUT2D eigenvalue weighted by atomic mass is 15.2. The highest BCUT2D eigenvalue weighted by molar-refractivity contribution is 6.39. The molecular weight excluding hydrogens is 671 g/mol. The highest BCUT2D eigenvalue weighted by Crippen LogP contribution is 2.49. The zero-order valence-electron chi connectivity index (χ0n) is 29.5. The molecule has 0 spiro atoms. The minimum atomic E-state index is 0.652. The lowest BCUT2D eigenvalue weighted by Crippen LogP contribution is -2.04. The second-order valence-electron chi connectivity index (χ2n) is 14.5. The number of para-hydroxylation sites is 5. The van der Waals surface area contributed by atoms with Crippen molar-refractivity contribution in [2.24, 2.45) is 0 Å². The summed E-state index contributed by atoms with van der Waals surface area (Å²) in [5.41, 5.74) is 12.1. The lowest BCUT2D eigenvalue weighted by atomic mass is 9.98. The van der Waals surface area contributed by atoms with Crippen molar-refractivity contribution in [2.75, 3.05) is 0 Å². The van der Waals surface area contributed by atoms with Crippen molar-refractivity contribution in [1.29, 1.82) is 0 Å². The predicted octanol–water partition coefficient (Wildman–Crippen LogP) is 12.6. The molecule has 0 aliphatic rings. The summed E-state index contributed by atoms with van der Waals surface area (Å²) in [5, 5.41) is 10.9. The van der Waals surface area contributed by atoms with Gasteiger partial charge >= 0.3 is 0 Å². The second kappa shape index (κ2) is 10.6. The Morgan fingerprint density at radius 2 is 0.964 bits per heavy atom. The van der Waals surface area contributed by atoms with E-state index in [1.54, 1.807) is 0 Å². The third-order valence-corrected chi connectivity index (χ3v) is 11.8. The van der Waals surface area contributed by atoms with Gasteiger partial charge in [-0.3, -0.25) is 4.57 Å². The molecule has 5 heteroatoms. The Bertz CT molecular complexity index is 3700. The first kappa shape index (κ1) is 29.0. The monoisotopic (exact) mass is 699 g/mol. The van der Waals surface area contributed by atoms with Crippen molar-refractivity contribution in [2.45, 2.75) is 0 Å². The van der Waals surface area contributed by atoms with Gasteiger partial charge < -0.3 is 8.97 Å². The van der Waals surface area contributed by atoms with Crippen LogP contribution < -0.4 is 0 Å². The molecule has 0 fully saturated rings. The fourth-order valence-electron chi connectivity index (χ4n) is 9.62. The molecule has 0 aliphatic carbocycles. The van der Waals surface area contributed by atoms with Crippen molar-refractivity contribution in [3.05, 3.63) is 176 Å². The average molecular weight is 700 g/mol. The van der Waals surface area contributed by atoms with Crippen LogP contribution in [-0.2, 0) is 0 Å². The molecule has 5 nitrogen and oxygen atoms in total. The lowest BCUT2D eigenvalue weighted by Gasteiger charge is -2.13. The zero-order valence-corrected chi connectivity index (χ0v) is 29.5. The largest absolute Gasteiger partial charge is 0.309 e. The molecular formula is C50H29N5. The van der Waals surface area contributed by atoms with Crippen molar-refractivity contribution in [1.82, 2.24) is 23.5 Å². The Hall–Kier alpha value is -7.50. The van der Waals surface area contributed by atoms with Gasteiger partial charge in [-0.2, -0.15) is 0 Å². The summed E-state index contributed by atoms with van der Waals surface area (Å²) < 4.78 is 7.26. The van der Waals surface area contributed by atoms with E-state index in [2.05, 4.69) is 189 Å². The number of hydrogen-bond donors (Lipinski definition) is 0. The van der Waals surface area contributed by atoms with Gasteiger partial charge in [-0.25, -0.2) is 9.97 Å². The molecule has 13 rings (SSSR count). The number of hydrogen-bond acceptors (Lipinski definition) is 2. The molecule has 0 saturated heterocycles. The molecule has 0 aliphatic heterocycles. The Kier molecular flexibility index (Phi) is 5.57. The van der Waals surface area contributed by atoms with Gasteiger partial charge in [-0.05, 0) is 48.5 Å². The van der Waals surface area contributed by atoms with Gasteiger partial charge in [0.15, 0.2) is 0 Å². The first-order chi connectivity index (χ1) is 27.3. The quantitative estimate of drug-likeness (QED) is 0.184. The van der Waals surface area contributed by atoms with E-state index in [9.17, 15) is 0 Å². The van der Waals surface area contributed by atoms with Gasteiger partial charge in [0.25, 0.3) is 0 Å². The molecule has 8 aromatic carbocycles. The SMILES string of the molecule is c1ccc(-c2nc(-n3c4cc5c(c6ccccc6n5-c5ccccc5)c5c6cccc7c8ccccc8n(c8cccc3c8c54)c76)nc3ccccc23)cc1. The molecule has 5 heterocycles. The number of nitrogens with zero attached hydrogens (tertiary/aromatic N) is 5. The topological polar surface area (TPSA) is 40.0 Å². The van der Waals surface area contributed by atoms with E-state index in [0.717, 1.165) is 49.9 Å². The Labute approximate surface area is 313 Å². The van der Waals surface area contributed by atoms with E-state index in [1.807, 2.05) is 0 Å². The molecule has 0 bridgehead atoms. The molecule has 0 radical (unpaired) electrons. The second-order valence-corrected chi connectivity index (χ2v) is 14.5. The van der Waals surface area contributed by atoms with Crippen LogP contribution in [0.3, 0.4) is 0 Å². The number of aromatic nitrogens is 5. The molecule has 0 unspecified atom stereocenters. The van der Waals surface area contributed by atoms with E-state index in [1.165, 1.54) is 59.6 Å². The minimum absolute atomic E-state index is 0.652. The Balaban J connectivity index is 1.35. The molecule has 13 aromatic rings. The third kappa shape index (κ3) is 3.71. The van der Waals surface area contributed by atoms with Crippen LogP contribution in [-0.4, -0.2) is 23.5 Å². The summed E-state index contributed by atoms with van der Waals surface area (Å²) in [4.78, 5) is 10.9. The summed E-state index contributed by atoms with van der Waals surface area (Å²) in [6.45, 7) is 0. The summed E-state index contributed by atoms with van der Waals surface area (Å²) in [6, 6.07) is 63.3. The molecule has 55 heavy (non-hydrogen) atoms. The van der Waals surface area contributed by atoms with Crippen LogP contribution in [0.1, 0.15) is 0 Å². The van der Waals surface area contributed by atoms with E-state index in [4.69, 9.17) is 9.97 Å². The fourth-order valence-corrected chi connectivity index (χ4v) is 9.62. The van der Waals surface area contributed by atoms with Crippen LogP contribution >= 0.6 is 0 Å². The van der Waals surface area contributed by atoms with E-state index >= 15 is 0 Å². The summed E-state index contributed by atoms with van der Waals surface area (Å²) in [7, 11) is 0. The summed E-state index contributed by atoms with van der Waals surface area (Å²) in [5.74, 6) is 0.652. The number of benzene rings is 8. The molecule has 254 valence electrons. The van der Waals surface area contributed by atoms with Gasteiger partial charge in [-0.15, -0.1) is 0 Å². The zero-order chi connectivity index (χ0) is 35.8. The first-order valence-electron chi connectivity index (χ1n) is 18.8. The normalized spacial score (nSPS) is 12.4. The van der Waals surface area contributed by atoms with Gasteiger partial charge in [0.05, 0.1) is 49.8 Å². The van der Waals surface area contributed by atoms with Crippen LogP contribution in [0, 0.1) is 0 Å². The standard InChI is InChI=1S/C50H29N5/c1-3-15-30(16-4-1)48-34-20-7-10-24-37(34)51-50(52-48)55-41-28-14-27-40-46(41)47-43(55)29-42-44(35-21-9-12-26-39(35)53(42)31-17-5-2-6-18-31)45(47)36-23-13-22-33-32-19-8-11-25-38(32)54(40)49(33)36/h1-29H. The van der Waals surface area contributed by atoms with Gasteiger partial charge in [-0.1, -0.05) is 127 Å². The van der Waals surface area contributed by atoms with Crippen LogP contribution in [0.2, 0.25) is 0 Å². The smallest absolute Gasteiger partial charge is 0.235 e. The lowest BCUT2D eigenvalue weighted by molar-refractivity contribution is 1.01. The number of fused-ring (bicyclic) bond motifs is 10. The molecule has 0 N–H and O–H groups in total. The molecule has 0 atom stereocenters. The summed E-state index contributed by atoms with van der Waals surface area (Å²) in [6.07, 6.45) is 0.